The molecule has 80 valence electrons. The summed E-state index contributed by atoms with van der Waals surface area (Å²) in [4.78, 5) is 11.5. The van der Waals surface area contributed by atoms with Gasteiger partial charge in [0.25, 0.3) is 0 Å². The largest absolute Gasteiger partial charge is 0.353 e. The molecular formula is C12H16N2O. The summed E-state index contributed by atoms with van der Waals surface area (Å²) in [5.41, 5.74) is 2.49. The third kappa shape index (κ3) is 2.36. The molecule has 0 aliphatic carbocycles. The van der Waals surface area contributed by atoms with Crippen molar-refractivity contribution in [1.29, 1.82) is 0 Å². The summed E-state index contributed by atoms with van der Waals surface area (Å²) in [6.45, 7) is 3.68. The fourth-order valence-electron chi connectivity index (χ4n) is 1.87. The van der Waals surface area contributed by atoms with Crippen molar-refractivity contribution >= 4 is 5.91 Å². The van der Waals surface area contributed by atoms with Crippen LogP contribution < -0.4 is 10.6 Å². The molecule has 1 aromatic carbocycles. The molecule has 1 fully saturated rings. The van der Waals surface area contributed by atoms with Gasteiger partial charge in [-0.25, -0.2) is 0 Å². The van der Waals surface area contributed by atoms with E-state index >= 15 is 0 Å². The van der Waals surface area contributed by atoms with Gasteiger partial charge < -0.3 is 10.6 Å². The number of piperazine rings is 1. The van der Waals surface area contributed by atoms with Crippen molar-refractivity contribution in [2.75, 3.05) is 13.1 Å². The number of carbonyl (C=O) groups is 1. The van der Waals surface area contributed by atoms with E-state index < -0.39 is 0 Å². The number of nitrogens with one attached hydrogen (secondary N) is 2. The zero-order valence-corrected chi connectivity index (χ0v) is 8.92. The summed E-state index contributed by atoms with van der Waals surface area (Å²) < 4.78 is 0. The first-order chi connectivity index (χ1) is 7.27. The molecule has 1 heterocycles. The molecule has 3 nitrogen and oxygen atoms in total. The summed E-state index contributed by atoms with van der Waals surface area (Å²) in [5, 5.41) is 6.10. The summed E-state index contributed by atoms with van der Waals surface area (Å²) in [5.74, 6) is 0.115. The topological polar surface area (TPSA) is 41.1 Å². The third-order valence-corrected chi connectivity index (χ3v) is 2.82. The van der Waals surface area contributed by atoms with E-state index in [1.807, 2.05) is 12.1 Å². The van der Waals surface area contributed by atoms with Gasteiger partial charge in [0.05, 0.1) is 6.04 Å². The minimum absolute atomic E-state index is 0.0696. The second-order valence-corrected chi connectivity index (χ2v) is 3.93. The summed E-state index contributed by atoms with van der Waals surface area (Å²) in [6.07, 6.45) is 0.776. The van der Waals surface area contributed by atoms with Gasteiger partial charge in [0, 0.05) is 13.1 Å². The number of amides is 1. The van der Waals surface area contributed by atoms with Crippen LogP contribution in [0.4, 0.5) is 0 Å². The zero-order chi connectivity index (χ0) is 10.7. The van der Waals surface area contributed by atoms with E-state index in [1.54, 1.807) is 0 Å². The van der Waals surface area contributed by atoms with Crippen molar-refractivity contribution in [3.8, 4) is 0 Å². The highest BCUT2D eigenvalue weighted by Crippen LogP contribution is 2.10. The quantitative estimate of drug-likeness (QED) is 0.741. The van der Waals surface area contributed by atoms with Gasteiger partial charge in [-0.1, -0.05) is 24.3 Å². The van der Waals surface area contributed by atoms with Crippen molar-refractivity contribution in [2.45, 2.75) is 19.4 Å². The molecule has 2 N–H and O–H groups in total. The Morgan fingerprint density at radius 1 is 1.33 bits per heavy atom. The van der Waals surface area contributed by atoms with E-state index in [1.165, 1.54) is 11.1 Å². The number of rotatable bonds is 2. The zero-order valence-electron chi connectivity index (χ0n) is 8.92. The van der Waals surface area contributed by atoms with Crippen molar-refractivity contribution in [3.05, 3.63) is 35.4 Å². The number of aryl methyl sites for hydroxylation is 1. The molecule has 15 heavy (non-hydrogen) atoms. The van der Waals surface area contributed by atoms with Crippen LogP contribution in [0.2, 0.25) is 0 Å². The lowest BCUT2D eigenvalue weighted by molar-refractivity contribution is -0.124. The van der Waals surface area contributed by atoms with Crippen LogP contribution in [0, 0.1) is 6.92 Å². The molecule has 1 aliphatic rings. The molecule has 0 spiro atoms. The van der Waals surface area contributed by atoms with Crippen LogP contribution in [0.15, 0.2) is 24.3 Å². The maximum atomic E-state index is 11.5. The Bertz CT molecular complexity index is 362. The minimum atomic E-state index is -0.0696. The number of hydrogen-bond donors (Lipinski definition) is 2. The number of hydrogen-bond acceptors (Lipinski definition) is 2. The lowest BCUT2D eigenvalue weighted by Crippen LogP contribution is -2.53. The summed E-state index contributed by atoms with van der Waals surface area (Å²) in [6, 6.07) is 8.13. The molecule has 0 saturated carbocycles. The van der Waals surface area contributed by atoms with Crippen LogP contribution in [0.1, 0.15) is 11.1 Å². The maximum absolute atomic E-state index is 11.5. The van der Waals surface area contributed by atoms with Crippen molar-refractivity contribution in [3.63, 3.8) is 0 Å². The Hall–Kier alpha value is -1.35. The molecule has 0 unspecified atom stereocenters. The Kier molecular flexibility index (Phi) is 3.02. The molecular weight excluding hydrogens is 188 g/mol. The van der Waals surface area contributed by atoms with E-state index in [0.717, 1.165) is 19.5 Å². The van der Waals surface area contributed by atoms with Crippen LogP contribution in [0.5, 0.6) is 0 Å². The molecule has 0 bridgehead atoms. The van der Waals surface area contributed by atoms with Crippen LogP contribution in [-0.4, -0.2) is 25.0 Å². The van der Waals surface area contributed by atoms with Crippen molar-refractivity contribution in [2.24, 2.45) is 0 Å². The van der Waals surface area contributed by atoms with E-state index in [2.05, 4.69) is 29.7 Å². The predicted molar refractivity (Wildman–Crippen MR) is 59.7 cm³/mol. The van der Waals surface area contributed by atoms with Crippen molar-refractivity contribution in [1.82, 2.24) is 10.6 Å². The monoisotopic (exact) mass is 204 g/mol. The van der Waals surface area contributed by atoms with Gasteiger partial charge in [-0.3, -0.25) is 4.79 Å². The maximum Gasteiger partial charge on any atom is 0.237 e. The highest BCUT2D eigenvalue weighted by molar-refractivity contribution is 5.82. The number of carbonyl (C=O) groups excluding carboxylic acids is 1. The molecule has 1 aliphatic heterocycles. The average molecular weight is 204 g/mol. The summed E-state index contributed by atoms with van der Waals surface area (Å²) >= 11 is 0. The van der Waals surface area contributed by atoms with E-state index in [9.17, 15) is 4.79 Å². The highest BCUT2D eigenvalue weighted by atomic mass is 16.2. The van der Waals surface area contributed by atoms with E-state index in [4.69, 9.17) is 0 Å². The molecule has 1 atom stereocenters. The first-order valence-corrected chi connectivity index (χ1v) is 5.33. The fourth-order valence-corrected chi connectivity index (χ4v) is 1.87. The summed E-state index contributed by atoms with van der Waals surface area (Å²) in [7, 11) is 0. The first kappa shape index (κ1) is 10.2. The van der Waals surface area contributed by atoms with Gasteiger partial charge in [0.2, 0.25) is 5.91 Å². The molecule has 2 rings (SSSR count). The minimum Gasteiger partial charge on any atom is -0.353 e. The second-order valence-electron chi connectivity index (χ2n) is 3.93. The standard InChI is InChI=1S/C12H16N2O/c1-9-4-2-3-5-10(9)8-11-12(15)14-7-6-13-11/h2-5,11,13H,6-8H2,1H3,(H,14,15)/t11-/m1/s1. The van der Waals surface area contributed by atoms with Gasteiger partial charge in [0.15, 0.2) is 0 Å². The molecule has 0 radical (unpaired) electrons. The normalized spacial score (nSPS) is 21.1. The van der Waals surface area contributed by atoms with Gasteiger partial charge >= 0.3 is 0 Å². The van der Waals surface area contributed by atoms with Gasteiger partial charge in [-0.15, -0.1) is 0 Å². The predicted octanol–water partition coefficient (Wildman–Crippen LogP) is 0.626. The second kappa shape index (κ2) is 4.45. The van der Waals surface area contributed by atoms with E-state index in [-0.39, 0.29) is 11.9 Å². The molecule has 0 aromatic heterocycles. The molecule has 1 saturated heterocycles. The Morgan fingerprint density at radius 3 is 2.87 bits per heavy atom. The van der Waals surface area contributed by atoms with Gasteiger partial charge in [-0.05, 0) is 24.5 Å². The molecule has 1 aromatic rings. The molecule has 3 heteroatoms. The fraction of sp³-hybridized carbons (Fsp3) is 0.417. The average Bonchev–Trinajstić information content (AvgIpc) is 2.24. The van der Waals surface area contributed by atoms with Crippen LogP contribution >= 0.6 is 0 Å². The Labute approximate surface area is 89.9 Å². The number of benzene rings is 1. The third-order valence-electron chi connectivity index (χ3n) is 2.82. The Balaban J connectivity index is 2.08. The van der Waals surface area contributed by atoms with Gasteiger partial charge in [0.1, 0.15) is 0 Å². The highest BCUT2D eigenvalue weighted by Gasteiger charge is 2.21. The van der Waals surface area contributed by atoms with Crippen LogP contribution in [0.25, 0.3) is 0 Å². The first-order valence-electron chi connectivity index (χ1n) is 5.33. The molecule has 1 amide bonds. The lowest BCUT2D eigenvalue weighted by atomic mass is 10.00. The smallest absolute Gasteiger partial charge is 0.237 e. The Morgan fingerprint density at radius 2 is 2.13 bits per heavy atom. The SMILES string of the molecule is Cc1ccccc1C[C@H]1NCCNC1=O. The van der Waals surface area contributed by atoms with E-state index in [0.29, 0.717) is 0 Å². The van der Waals surface area contributed by atoms with Crippen molar-refractivity contribution < 1.29 is 4.79 Å². The van der Waals surface area contributed by atoms with Crippen LogP contribution in [-0.2, 0) is 11.2 Å². The lowest BCUT2D eigenvalue weighted by Gasteiger charge is -2.23. The van der Waals surface area contributed by atoms with Gasteiger partial charge in [-0.2, -0.15) is 0 Å². The van der Waals surface area contributed by atoms with Crippen LogP contribution in [0.3, 0.4) is 0 Å².